The first-order chi connectivity index (χ1) is 9.70. The molecule has 0 amide bonds. The van der Waals surface area contributed by atoms with Crippen molar-refractivity contribution in [3.63, 3.8) is 0 Å². The van der Waals surface area contributed by atoms with Crippen LogP contribution in [0.15, 0.2) is 6.20 Å². The molecule has 0 aromatic carbocycles. The van der Waals surface area contributed by atoms with Gasteiger partial charge in [0.2, 0.25) is 5.95 Å². The second kappa shape index (κ2) is 7.67. The van der Waals surface area contributed by atoms with Crippen molar-refractivity contribution in [2.45, 2.75) is 70.9 Å². The van der Waals surface area contributed by atoms with Crippen LogP contribution in [0.2, 0.25) is 0 Å². The number of hydrogen-bond acceptors (Lipinski definition) is 3. The summed E-state index contributed by atoms with van der Waals surface area (Å²) in [7, 11) is 1.74. The number of anilines is 1. The standard InChI is InChI=1S/C16H29N3O/c1-13-11-19(15-9-7-5-4-6-8-10-15)16(17-13)18-14(2)12-20-3/h11,14-15H,4-10,12H2,1-3H3,(H,17,18). The largest absolute Gasteiger partial charge is 0.383 e. The number of nitrogens with one attached hydrogen (secondary N) is 1. The van der Waals surface area contributed by atoms with Gasteiger partial charge in [0.1, 0.15) is 0 Å². The Kier molecular flexibility index (Phi) is 5.89. The van der Waals surface area contributed by atoms with Gasteiger partial charge in [-0.25, -0.2) is 4.98 Å². The van der Waals surface area contributed by atoms with Gasteiger partial charge in [-0.2, -0.15) is 0 Å². The Balaban J connectivity index is 2.08. The van der Waals surface area contributed by atoms with Gasteiger partial charge in [0.15, 0.2) is 0 Å². The first-order valence-corrected chi connectivity index (χ1v) is 8.01. The van der Waals surface area contributed by atoms with E-state index in [9.17, 15) is 0 Å². The van der Waals surface area contributed by atoms with E-state index in [-0.39, 0.29) is 6.04 Å². The van der Waals surface area contributed by atoms with Gasteiger partial charge in [0, 0.05) is 25.4 Å². The molecule has 0 aliphatic heterocycles. The average molecular weight is 279 g/mol. The first kappa shape index (κ1) is 15.4. The number of imidazole rings is 1. The van der Waals surface area contributed by atoms with Crippen LogP contribution in [0.25, 0.3) is 0 Å². The molecule has 4 nitrogen and oxygen atoms in total. The average Bonchev–Trinajstić information content (AvgIpc) is 2.70. The van der Waals surface area contributed by atoms with Gasteiger partial charge in [-0.3, -0.25) is 0 Å². The van der Waals surface area contributed by atoms with E-state index in [1.54, 1.807) is 7.11 Å². The summed E-state index contributed by atoms with van der Waals surface area (Å²) in [6.45, 7) is 4.91. The third-order valence-corrected chi connectivity index (χ3v) is 4.11. The lowest BCUT2D eigenvalue weighted by Gasteiger charge is -2.24. The Hall–Kier alpha value is -1.03. The van der Waals surface area contributed by atoms with Crippen molar-refractivity contribution in [3.8, 4) is 0 Å². The van der Waals surface area contributed by atoms with E-state index in [1.807, 2.05) is 0 Å². The molecule has 0 spiro atoms. The number of rotatable bonds is 5. The normalized spacial score (nSPS) is 19.4. The lowest BCUT2D eigenvalue weighted by molar-refractivity contribution is 0.190. The van der Waals surface area contributed by atoms with Gasteiger partial charge in [-0.05, 0) is 26.7 Å². The molecule has 1 aromatic heterocycles. The minimum atomic E-state index is 0.286. The van der Waals surface area contributed by atoms with Crippen molar-refractivity contribution in [2.75, 3.05) is 19.0 Å². The number of hydrogen-bond donors (Lipinski definition) is 1. The van der Waals surface area contributed by atoms with Crippen LogP contribution >= 0.6 is 0 Å². The van der Waals surface area contributed by atoms with E-state index in [4.69, 9.17) is 4.74 Å². The van der Waals surface area contributed by atoms with Crippen LogP contribution in [-0.4, -0.2) is 29.3 Å². The molecule has 0 radical (unpaired) electrons. The molecule has 1 saturated carbocycles. The molecule has 2 rings (SSSR count). The SMILES string of the molecule is COCC(C)Nc1nc(C)cn1C1CCCCCCC1. The summed E-state index contributed by atoms with van der Waals surface area (Å²) in [5.41, 5.74) is 1.10. The summed E-state index contributed by atoms with van der Waals surface area (Å²) in [5, 5.41) is 3.49. The molecule has 4 heteroatoms. The van der Waals surface area contributed by atoms with Gasteiger partial charge < -0.3 is 14.6 Å². The number of aromatic nitrogens is 2. The first-order valence-electron chi connectivity index (χ1n) is 8.01. The van der Waals surface area contributed by atoms with Gasteiger partial charge in [0.05, 0.1) is 12.3 Å². The molecule has 0 bridgehead atoms. The summed E-state index contributed by atoms with van der Waals surface area (Å²) in [6.07, 6.45) is 11.6. The van der Waals surface area contributed by atoms with Crippen LogP contribution < -0.4 is 5.32 Å². The maximum Gasteiger partial charge on any atom is 0.203 e. The Morgan fingerprint density at radius 2 is 1.95 bits per heavy atom. The molecule has 1 atom stereocenters. The molecule has 1 aliphatic carbocycles. The van der Waals surface area contributed by atoms with E-state index in [1.165, 1.54) is 44.9 Å². The fraction of sp³-hybridized carbons (Fsp3) is 0.812. The van der Waals surface area contributed by atoms with Gasteiger partial charge in [0.25, 0.3) is 0 Å². The summed E-state index contributed by atoms with van der Waals surface area (Å²) in [5.74, 6) is 1.01. The molecule has 20 heavy (non-hydrogen) atoms. The molecule has 1 aromatic rings. The maximum absolute atomic E-state index is 5.20. The Morgan fingerprint density at radius 3 is 2.60 bits per heavy atom. The molecule has 1 N–H and O–H groups in total. The summed E-state index contributed by atoms with van der Waals surface area (Å²) >= 11 is 0. The maximum atomic E-state index is 5.20. The molecular formula is C16H29N3O. The molecule has 1 unspecified atom stereocenters. The smallest absolute Gasteiger partial charge is 0.203 e. The molecule has 1 aliphatic rings. The van der Waals surface area contributed by atoms with Crippen molar-refractivity contribution in [3.05, 3.63) is 11.9 Å². The van der Waals surface area contributed by atoms with E-state index < -0.39 is 0 Å². The van der Waals surface area contributed by atoms with Crippen LogP contribution in [0.1, 0.15) is 63.6 Å². The number of nitrogens with zero attached hydrogens (tertiary/aromatic N) is 2. The van der Waals surface area contributed by atoms with Crippen LogP contribution in [0.3, 0.4) is 0 Å². The molecular weight excluding hydrogens is 250 g/mol. The zero-order valence-corrected chi connectivity index (χ0v) is 13.2. The van der Waals surface area contributed by atoms with Crippen LogP contribution in [0.5, 0.6) is 0 Å². The monoisotopic (exact) mass is 279 g/mol. The second-order valence-corrected chi connectivity index (χ2v) is 6.11. The molecule has 1 heterocycles. The van der Waals surface area contributed by atoms with Crippen LogP contribution in [-0.2, 0) is 4.74 Å². The topological polar surface area (TPSA) is 39.1 Å². The fourth-order valence-corrected chi connectivity index (χ4v) is 3.13. The van der Waals surface area contributed by atoms with Crippen molar-refractivity contribution in [1.82, 2.24) is 9.55 Å². The predicted molar refractivity (Wildman–Crippen MR) is 83.3 cm³/mol. The van der Waals surface area contributed by atoms with Crippen molar-refractivity contribution in [2.24, 2.45) is 0 Å². The van der Waals surface area contributed by atoms with Crippen LogP contribution in [0, 0.1) is 6.92 Å². The lowest BCUT2D eigenvalue weighted by Crippen LogP contribution is -2.24. The minimum Gasteiger partial charge on any atom is -0.383 e. The summed E-state index contributed by atoms with van der Waals surface area (Å²) in [4.78, 5) is 4.66. The highest BCUT2D eigenvalue weighted by Crippen LogP contribution is 2.29. The number of ether oxygens (including phenoxy) is 1. The van der Waals surface area contributed by atoms with Gasteiger partial charge in [-0.1, -0.05) is 32.1 Å². The highest BCUT2D eigenvalue weighted by atomic mass is 16.5. The van der Waals surface area contributed by atoms with Crippen LogP contribution in [0.4, 0.5) is 5.95 Å². The van der Waals surface area contributed by atoms with Crippen molar-refractivity contribution < 1.29 is 4.74 Å². The summed E-state index contributed by atoms with van der Waals surface area (Å²) < 4.78 is 7.57. The quantitative estimate of drug-likeness (QED) is 0.887. The van der Waals surface area contributed by atoms with Gasteiger partial charge in [-0.15, -0.1) is 0 Å². The Morgan fingerprint density at radius 1 is 1.30 bits per heavy atom. The van der Waals surface area contributed by atoms with Crippen molar-refractivity contribution >= 4 is 5.95 Å². The zero-order chi connectivity index (χ0) is 14.4. The summed E-state index contributed by atoms with van der Waals surface area (Å²) in [6, 6.07) is 0.892. The molecule has 114 valence electrons. The predicted octanol–water partition coefficient (Wildman–Crippen LogP) is 3.92. The Labute approximate surface area is 122 Å². The van der Waals surface area contributed by atoms with E-state index in [0.717, 1.165) is 11.6 Å². The highest BCUT2D eigenvalue weighted by molar-refractivity contribution is 5.31. The highest BCUT2D eigenvalue weighted by Gasteiger charge is 2.18. The lowest BCUT2D eigenvalue weighted by atomic mass is 9.96. The molecule has 0 saturated heterocycles. The second-order valence-electron chi connectivity index (χ2n) is 6.11. The minimum absolute atomic E-state index is 0.286. The van der Waals surface area contributed by atoms with Crippen molar-refractivity contribution in [1.29, 1.82) is 0 Å². The van der Waals surface area contributed by atoms with E-state index in [2.05, 4.69) is 34.9 Å². The number of aryl methyl sites for hydroxylation is 1. The number of methoxy groups -OCH3 is 1. The van der Waals surface area contributed by atoms with E-state index in [0.29, 0.717) is 12.6 Å². The fourth-order valence-electron chi connectivity index (χ4n) is 3.13. The Bertz CT molecular complexity index is 394. The molecule has 1 fully saturated rings. The third-order valence-electron chi connectivity index (χ3n) is 4.11. The third kappa shape index (κ3) is 4.23. The zero-order valence-electron chi connectivity index (χ0n) is 13.2. The van der Waals surface area contributed by atoms with E-state index >= 15 is 0 Å². The van der Waals surface area contributed by atoms with Gasteiger partial charge >= 0.3 is 0 Å².